The molecule has 0 aromatic rings. The number of hydrogen-bond donors (Lipinski definition) is 2. The molecule has 60 valence electrons. The van der Waals surface area contributed by atoms with Crippen molar-refractivity contribution in [2.75, 3.05) is 0 Å². The number of rotatable bonds is 1. The number of fused-ring (bicyclic) bond motifs is 2. The van der Waals surface area contributed by atoms with Gasteiger partial charge in [0.1, 0.15) is 0 Å². The fourth-order valence-electron chi connectivity index (χ4n) is 1.51. The zero-order valence-electron chi connectivity index (χ0n) is 5.66. The first-order valence-corrected chi connectivity index (χ1v) is 3.35. The number of amides is 1. The summed E-state index contributed by atoms with van der Waals surface area (Å²) in [4.78, 5) is 21.2. The quantitative estimate of drug-likeness (QED) is 0.548. The smallest absolute Gasteiger partial charge is 0.408 e. The van der Waals surface area contributed by atoms with E-state index in [1.165, 1.54) is 0 Å². The summed E-state index contributed by atoms with van der Waals surface area (Å²) in [5, 5.41) is 11.1. The summed E-state index contributed by atoms with van der Waals surface area (Å²) in [7, 11) is 0. The highest BCUT2D eigenvalue weighted by Crippen LogP contribution is 2.39. The van der Waals surface area contributed by atoms with Gasteiger partial charge < -0.3 is 15.2 Å². The van der Waals surface area contributed by atoms with E-state index in [1.54, 1.807) is 0 Å². The van der Waals surface area contributed by atoms with E-state index in [0.717, 1.165) is 0 Å². The van der Waals surface area contributed by atoms with Crippen LogP contribution in [0.2, 0.25) is 0 Å². The van der Waals surface area contributed by atoms with E-state index in [1.807, 2.05) is 0 Å². The highest BCUT2D eigenvalue weighted by Gasteiger charge is 2.58. The average molecular weight is 157 g/mol. The SMILES string of the molecule is O=C1NC2CC(C(=O)O)(C2)O1. The van der Waals surface area contributed by atoms with Crippen molar-refractivity contribution in [3.8, 4) is 0 Å². The van der Waals surface area contributed by atoms with Gasteiger partial charge in [-0.25, -0.2) is 9.59 Å². The maximum absolute atomic E-state index is 10.6. The first-order valence-electron chi connectivity index (χ1n) is 3.35. The summed E-state index contributed by atoms with van der Waals surface area (Å²) in [6, 6.07) is 0.00681. The highest BCUT2D eigenvalue weighted by atomic mass is 16.6. The van der Waals surface area contributed by atoms with Gasteiger partial charge in [-0.2, -0.15) is 0 Å². The Labute approximate surface area is 62.3 Å². The van der Waals surface area contributed by atoms with Gasteiger partial charge in [-0.15, -0.1) is 0 Å². The van der Waals surface area contributed by atoms with Gasteiger partial charge in [0.25, 0.3) is 0 Å². The Morgan fingerprint density at radius 1 is 1.73 bits per heavy atom. The first kappa shape index (κ1) is 6.45. The van der Waals surface area contributed by atoms with E-state index in [2.05, 4.69) is 10.1 Å². The standard InChI is InChI=1S/C6H7NO4/c8-4(9)6-1-3(2-6)7-5(10)11-6/h3H,1-2H2,(H,7,10)(H,8,9). The van der Waals surface area contributed by atoms with Crippen molar-refractivity contribution in [3.63, 3.8) is 0 Å². The van der Waals surface area contributed by atoms with Crippen LogP contribution in [0.1, 0.15) is 12.8 Å². The normalized spacial score (nSPS) is 40.0. The third-order valence-electron chi connectivity index (χ3n) is 2.15. The fraction of sp³-hybridized carbons (Fsp3) is 0.667. The molecular formula is C6H7NO4. The molecule has 5 heteroatoms. The average Bonchev–Trinajstić information content (AvgIpc) is 1.83. The third-order valence-corrected chi connectivity index (χ3v) is 2.15. The van der Waals surface area contributed by atoms with Crippen LogP contribution in [0.5, 0.6) is 0 Å². The summed E-state index contributed by atoms with van der Waals surface area (Å²) in [5.74, 6) is -1.04. The lowest BCUT2D eigenvalue weighted by Gasteiger charge is -2.47. The Kier molecular flexibility index (Phi) is 0.976. The molecule has 1 saturated carbocycles. The molecule has 2 N–H and O–H groups in total. The minimum atomic E-state index is -1.20. The lowest BCUT2D eigenvalue weighted by Crippen LogP contribution is -2.67. The molecule has 0 unspecified atom stereocenters. The zero-order chi connectivity index (χ0) is 8.06. The summed E-state index contributed by atoms with van der Waals surface area (Å²) in [6.45, 7) is 0. The van der Waals surface area contributed by atoms with Crippen LogP contribution >= 0.6 is 0 Å². The molecule has 2 saturated heterocycles. The summed E-state index contributed by atoms with van der Waals surface area (Å²) < 4.78 is 4.65. The van der Waals surface area contributed by atoms with Gasteiger partial charge in [0.05, 0.1) is 0 Å². The molecule has 3 rings (SSSR count). The third kappa shape index (κ3) is 0.704. The van der Waals surface area contributed by atoms with Crippen molar-refractivity contribution in [1.29, 1.82) is 0 Å². The number of alkyl carbamates (subject to hydrolysis) is 1. The predicted octanol–water partition coefficient (Wildman–Crippen LogP) is -0.288. The minimum Gasteiger partial charge on any atom is -0.478 e. The minimum absolute atomic E-state index is 0.00681. The van der Waals surface area contributed by atoms with E-state index in [-0.39, 0.29) is 6.04 Å². The van der Waals surface area contributed by atoms with Crippen LogP contribution in [0, 0.1) is 0 Å². The molecule has 2 bridgehead atoms. The Morgan fingerprint density at radius 2 is 2.36 bits per heavy atom. The highest BCUT2D eigenvalue weighted by molar-refractivity contribution is 5.85. The van der Waals surface area contributed by atoms with Crippen LogP contribution in [0.15, 0.2) is 0 Å². The van der Waals surface area contributed by atoms with Crippen LogP contribution in [0.25, 0.3) is 0 Å². The Hall–Kier alpha value is -1.26. The number of ether oxygens (including phenoxy) is 1. The number of hydrogen-bond acceptors (Lipinski definition) is 3. The van der Waals surface area contributed by atoms with E-state index in [9.17, 15) is 9.59 Å². The summed E-state index contributed by atoms with van der Waals surface area (Å²) in [6.07, 6.45) is 0.178. The van der Waals surface area contributed by atoms with Crippen molar-refractivity contribution < 1.29 is 19.4 Å². The number of nitrogens with one attached hydrogen (secondary N) is 1. The Bertz CT molecular complexity index is 231. The fourth-order valence-corrected chi connectivity index (χ4v) is 1.51. The van der Waals surface area contributed by atoms with Crippen LogP contribution < -0.4 is 5.32 Å². The molecule has 2 aliphatic heterocycles. The molecule has 1 amide bonds. The van der Waals surface area contributed by atoms with Crippen LogP contribution in [-0.2, 0) is 9.53 Å². The first-order chi connectivity index (χ1) is 5.12. The van der Waals surface area contributed by atoms with Crippen molar-refractivity contribution in [1.82, 2.24) is 5.32 Å². The molecular weight excluding hydrogens is 150 g/mol. The second-order valence-corrected chi connectivity index (χ2v) is 2.94. The van der Waals surface area contributed by atoms with E-state index in [0.29, 0.717) is 12.8 Å². The molecule has 11 heavy (non-hydrogen) atoms. The van der Waals surface area contributed by atoms with Crippen LogP contribution in [-0.4, -0.2) is 28.8 Å². The number of carboxylic acids is 1. The van der Waals surface area contributed by atoms with Crippen molar-refractivity contribution >= 4 is 12.1 Å². The molecule has 3 fully saturated rings. The molecule has 2 heterocycles. The van der Waals surface area contributed by atoms with Crippen molar-refractivity contribution in [3.05, 3.63) is 0 Å². The molecule has 5 nitrogen and oxygen atoms in total. The van der Waals surface area contributed by atoms with Crippen molar-refractivity contribution in [2.24, 2.45) is 0 Å². The molecule has 1 aliphatic carbocycles. The second-order valence-electron chi connectivity index (χ2n) is 2.94. The maximum atomic E-state index is 10.6. The predicted molar refractivity (Wildman–Crippen MR) is 33.0 cm³/mol. The van der Waals surface area contributed by atoms with Gasteiger partial charge in [0.2, 0.25) is 5.60 Å². The number of carbonyl (C=O) groups excluding carboxylic acids is 1. The van der Waals surface area contributed by atoms with E-state index in [4.69, 9.17) is 5.11 Å². The summed E-state index contributed by atoms with van der Waals surface area (Å²) >= 11 is 0. The molecule has 0 radical (unpaired) electrons. The van der Waals surface area contributed by atoms with Gasteiger partial charge >= 0.3 is 12.1 Å². The molecule has 3 aliphatic rings. The monoisotopic (exact) mass is 157 g/mol. The molecule has 0 aromatic heterocycles. The number of carbonyl (C=O) groups is 2. The lowest BCUT2D eigenvalue weighted by molar-refractivity contribution is -0.177. The molecule has 0 spiro atoms. The topological polar surface area (TPSA) is 75.6 Å². The molecule has 0 atom stereocenters. The Balaban J connectivity index is 2.18. The molecule has 0 aromatic carbocycles. The lowest BCUT2D eigenvalue weighted by atomic mass is 9.74. The maximum Gasteiger partial charge on any atom is 0.408 e. The van der Waals surface area contributed by atoms with E-state index >= 15 is 0 Å². The zero-order valence-corrected chi connectivity index (χ0v) is 5.66. The van der Waals surface area contributed by atoms with Gasteiger partial charge in [0, 0.05) is 18.9 Å². The number of carboxylic acid groups (broad SMARTS) is 1. The number of aliphatic carboxylic acids is 1. The Morgan fingerprint density at radius 3 is 2.73 bits per heavy atom. The van der Waals surface area contributed by atoms with Gasteiger partial charge in [-0.3, -0.25) is 0 Å². The van der Waals surface area contributed by atoms with Crippen molar-refractivity contribution in [2.45, 2.75) is 24.5 Å². The second kappa shape index (κ2) is 1.66. The van der Waals surface area contributed by atoms with Crippen LogP contribution in [0.4, 0.5) is 4.79 Å². The van der Waals surface area contributed by atoms with Crippen LogP contribution in [0.3, 0.4) is 0 Å². The largest absolute Gasteiger partial charge is 0.478 e. The van der Waals surface area contributed by atoms with Gasteiger partial charge in [0.15, 0.2) is 0 Å². The van der Waals surface area contributed by atoms with Gasteiger partial charge in [-0.05, 0) is 0 Å². The summed E-state index contributed by atoms with van der Waals surface area (Å²) in [5.41, 5.74) is -1.20. The van der Waals surface area contributed by atoms with E-state index < -0.39 is 17.7 Å². The van der Waals surface area contributed by atoms with Gasteiger partial charge in [-0.1, -0.05) is 0 Å².